The van der Waals surface area contributed by atoms with Crippen LogP contribution in [0.25, 0.3) is 0 Å². The van der Waals surface area contributed by atoms with E-state index in [9.17, 15) is 8.78 Å². The number of nitrogens with one attached hydrogen (secondary N) is 1. The normalized spacial score (nSPS) is 10.5. The zero-order valence-corrected chi connectivity index (χ0v) is 10.6. The first kappa shape index (κ1) is 13.4. The van der Waals surface area contributed by atoms with E-state index in [4.69, 9.17) is 4.74 Å². The van der Waals surface area contributed by atoms with E-state index < -0.39 is 11.6 Å². The maximum absolute atomic E-state index is 13.0. The summed E-state index contributed by atoms with van der Waals surface area (Å²) in [6.07, 6.45) is 1.61. The quantitative estimate of drug-likeness (QED) is 0.923. The molecule has 0 unspecified atom stereocenters. The first-order chi connectivity index (χ1) is 9.08. The fourth-order valence-corrected chi connectivity index (χ4v) is 1.58. The summed E-state index contributed by atoms with van der Waals surface area (Å²) in [5.74, 6) is -1.39. The van der Waals surface area contributed by atoms with Gasteiger partial charge >= 0.3 is 6.01 Å². The third-order valence-electron chi connectivity index (χ3n) is 2.47. The van der Waals surface area contributed by atoms with Gasteiger partial charge in [0.25, 0.3) is 0 Å². The Balaban J connectivity index is 2.21. The third kappa shape index (κ3) is 3.45. The van der Waals surface area contributed by atoms with E-state index in [0.29, 0.717) is 6.54 Å². The summed E-state index contributed by atoms with van der Waals surface area (Å²) in [5, 5.41) is 2.99. The van der Waals surface area contributed by atoms with Crippen molar-refractivity contribution < 1.29 is 13.5 Å². The molecule has 0 radical (unpaired) electrons. The van der Waals surface area contributed by atoms with Crippen molar-refractivity contribution in [1.29, 1.82) is 0 Å². The number of halogens is 2. The van der Waals surface area contributed by atoms with Gasteiger partial charge in [0.05, 0.1) is 0 Å². The van der Waals surface area contributed by atoms with Gasteiger partial charge in [0.2, 0.25) is 0 Å². The maximum Gasteiger partial charge on any atom is 0.322 e. The lowest BCUT2D eigenvalue weighted by Crippen LogP contribution is -2.08. The van der Waals surface area contributed by atoms with Crippen molar-refractivity contribution in [3.63, 3.8) is 0 Å². The fourth-order valence-electron chi connectivity index (χ4n) is 1.58. The lowest BCUT2D eigenvalue weighted by molar-refractivity contribution is 0.430. The van der Waals surface area contributed by atoms with Gasteiger partial charge in [0.1, 0.15) is 17.4 Å². The second-order valence-electron chi connectivity index (χ2n) is 4.00. The molecule has 19 heavy (non-hydrogen) atoms. The minimum absolute atomic E-state index is 0.0262. The predicted molar refractivity (Wildman–Crippen MR) is 66.0 cm³/mol. The number of nitrogens with zero attached hydrogens (tertiary/aromatic N) is 2. The summed E-state index contributed by atoms with van der Waals surface area (Å²) in [4.78, 5) is 8.12. The van der Waals surface area contributed by atoms with Gasteiger partial charge in [-0.1, -0.05) is 0 Å². The highest BCUT2D eigenvalue weighted by molar-refractivity contribution is 5.27. The van der Waals surface area contributed by atoms with Crippen LogP contribution >= 0.6 is 0 Å². The van der Waals surface area contributed by atoms with E-state index in [1.54, 1.807) is 6.20 Å². The summed E-state index contributed by atoms with van der Waals surface area (Å²) in [6.45, 7) is 2.45. The van der Waals surface area contributed by atoms with Crippen molar-refractivity contribution in [1.82, 2.24) is 15.3 Å². The molecule has 1 heterocycles. The zero-order valence-electron chi connectivity index (χ0n) is 10.6. The van der Waals surface area contributed by atoms with Gasteiger partial charge in [0, 0.05) is 42.2 Å². The van der Waals surface area contributed by atoms with Gasteiger partial charge in [-0.2, -0.15) is 4.98 Å². The third-order valence-corrected chi connectivity index (χ3v) is 2.47. The van der Waals surface area contributed by atoms with Crippen molar-refractivity contribution in [2.75, 3.05) is 7.05 Å². The van der Waals surface area contributed by atoms with Crippen LogP contribution in [0.15, 0.2) is 24.4 Å². The topological polar surface area (TPSA) is 47.0 Å². The smallest absolute Gasteiger partial charge is 0.322 e. The number of ether oxygens (including phenoxy) is 1. The first-order valence-electron chi connectivity index (χ1n) is 5.69. The minimum Gasteiger partial charge on any atom is -0.424 e. The van der Waals surface area contributed by atoms with E-state index in [1.165, 1.54) is 0 Å². The van der Waals surface area contributed by atoms with Crippen LogP contribution in [0.5, 0.6) is 11.8 Å². The molecule has 1 aromatic heterocycles. The molecule has 2 rings (SSSR count). The Labute approximate surface area is 109 Å². The Morgan fingerprint density at radius 3 is 2.47 bits per heavy atom. The second-order valence-corrected chi connectivity index (χ2v) is 4.00. The van der Waals surface area contributed by atoms with Crippen LogP contribution in [0.3, 0.4) is 0 Å². The van der Waals surface area contributed by atoms with Crippen molar-refractivity contribution in [2.24, 2.45) is 0 Å². The van der Waals surface area contributed by atoms with E-state index in [-0.39, 0.29) is 11.8 Å². The molecule has 0 amide bonds. The molecule has 0 saturated carbocycles. The van der Waals surface area contributed by atoms with Crippen LogP contribution < -0.4 is 10.1 Å². The van der Waals surface area contributed by atoms with Crippen molar-refractivity contribution in [2.45, 2.75) is 13.5 Å². The molecule has 0 aliphatic heterocycles. The standard InChI is InChI=1S/C13H13F2N3O/c1-8-9(6-16-2)7-17-13(18-8)19-12-4-10(14)3-11(15)5-12/h3-5,7,16H,6H2,1-2H3. The van der Waals surface area contributed by atoms with Gasteiger partial charge in [0.15, 0.2) is 0 Å². The Bertz CT molecular complexity index is 570. The second kappa shape index (κ2) is 5.71. The van der Waals surface area contributed by atoms with Crippen LogP contribution in [0, 0.1) is 18.6 Å². The van der Waals surface area contributed by atoms with Crippen molar-refractivity contribution >= 4 is 0 Å². The lowest BCUT2D eigenvalue weighted by atomic mass is 10.2. The van der Waals surface area contributed by atoms with Crippen LogP contribution in [-0.4, -0.2) is 17.0 Å². The Kier molecular flexibility index (Phi) is 4.01. The molecule has 1 N–H and O–H groups in total. The highest BCUT2D eigenvalue weighted by Crippen LogP contribution is 2.21. The van der Waals surface area contributed by atoms with Crippen LogP contribution in [-0.2, 0) is 6.54 Å². The van der Waals surface area contributed by atoms with Crippen LogP contribution in [0.4, 0.5) is 8.78 Å². The average Bonchev–Trinajstić information content (AvgIpc) is 2.31. The number of aromatic nitrogens is 2. The van der Waals surface area contributed by atoms with Crippen molar-refractivity contribution in [3.8, 4) is 11.8 Å². The molecule has 2 aromatic rings. The van der Waals surface area contributed by atoms with Gasteiger partial charge in [-0.3, -0.25) is 0 Å². The largest absolute Gasteiger partial charge is 0.424 e. The monoisotopic (exact) mass is 265 g/mol. The Morgan fingerprint density at radius 1 is 1.21 bits per heavy atom. The summed E-state index contributed by atoms with van der Waals surface area (Å²) in [7, 11) is 1.82. The van der Waals surface area contributed by atoms with Gasteiger partial charge in [-0.15, -0.1) is 0 Å². The average molecular weight is 265 g/mol. The SMILES string of the molecule is CNCc1cnc(Oc2cc(F)cc(F)c2)nc1C. The molecule has 100 valence electrons. The molecule has 0 saturated heterocycles. The van der Waals surface area contributed by atoms with Gasteiger partial charge in [-0.05, 0) is 14.0 Å². The number of hydrogen-bond donors (Lipinski definition) is 1. The van der Waals surface area contributed by atoms with E-state index >= 15 is 0 Å². The molecule has 4 nitrogen and oxygen atoms in total. The number of aryl methyl sites for hydroxylation is 1. The molecule has 0 aliphatic rings. The molecule has 6 heteroatoms. The van der Waals surface area contributed by atoms with E-state index in [2.05, 4.69) is 15.3 Å². The molecule has 0 fully saturated rings. The van der Waals surface area contributed by atoms with Gasteiger partial charge in [-0.25, -0.2) is 13.8 Å². The number of rotatable bonds is 4. The fraction of sp³-hybridized carbons (Fsp3) is 0.231. The maximum atomic E-state index is 13.0. The van der Waals surface area contributed by atoms with Crippen LogP contribution in [0.1, 0.15) is 11.3 Å². The summed E-state index contributed by atoms with van der Waals surface area (Å²) >= 11 is 0. The van der Waals surface area contributed by atoms with Crippen molar-refractivity contribution in [3.05, 3.63) is 47.3 Å². The molecule has 1 aromatic carbocycles. The Morgan fingerprint density at radius 2 is 1.89 bits per heavy atom. The minimum atomic E-state index is -0.710. The lowest BCUT2D eigenvalue weighted by Gasteiger charge is -2.07. The van der Waals surface area contributed by atoms with Gasteiger partial charge < -0.3 is 10.1 Å². The molecule has 0 atom stereocenters. The molecule has 0 spiro atoms. The summed E-state index contributed by atoms with van der Waals surface area (Å²) < 4.78 is 31.2. The van der Waals surface area contributed by atoms with E-state index in [0.717, 1.165) is 29.5 Å². The highest BCUT2D eigenvalue weighted by Gasteiger charge is 2.07. The first-order valence-corrected chi connectivity index (χ1v) is 5.69. The van der Waals surface area contributed by atoms with E-state index in [1.807, 2.05) is 14.0 Å². The number of benzene rings is 1. The molecular weight excluding hydrogens is 252 g/mol. The zero-order chi connectivity index (χ0) is 13.8. The van der Waals surface area contributed by atoms with Crippen LogP contribution in [0.2, 0.25) is 0 Å². The predicted octanol–water partition coefficient (Wildman–Crippen LogP) is 2.57. The summed E-state index contributed by atoms with van der Waals surface area (Å²) in [5.41, 5.74) is 1.68. The Hall–Kier alpha value is -2.08. The number of hydrogen-bond acceptors (Lipinski definition) is 4. The molecular formula is C13H13F2N3O. The molecule has 0 aliphatic carbocycles. The summed E-state index contributed by atoms with van der Waals surface area (Å²) in [6, 6.07) is 2.98. The highest BCUT2D eigenvalue weighted by atomic mass is 19.1. The molecule has 0 bridgehead atoms.